The Bertz CT molecular complexity index is 1370. The van der Waals surface area contributed by atoms with E-state index in [4.69, 9.17) is 10.3 Å². The van der Waals surface area contributed by atoms with Crippen molar-refractivity contribution in [2.24, 2.45) is 0 Å². The molecular formula is C22H23F3N8O2. The number of halogens is 3. The minimum Gasteiger partial charge on any atom is -0.383 e. The van der Waals surface area contributed by atoms with Crippen molar-refractivity contribution < 1.29 is 22.5 Å². The summed E-state index contributed by atoms with van der Waals surface area (Å²) < 4.78 is 46.2. The predicted molar refractivity (Wildman–Crippen MR) is 121 cm³/mol. The lowest BCUT2D eigenvalue weighted by Crippen LogP contribution is -2.36. The molecule has 0 unspecified atom stereocenters. The van der Waals surface area contributed by atoms with Gasteiger partial charge in [0.05, 0.1) is 17.5 Å². The van der Waals surface area contributed by atoms with E-state index < -0.39 is 17.5 Å². The Morgan fingerprint density at radius 3 is 2.57 bits per heavy atom. The number of anilines is 2. The Labute approximate surface area is 197 Å². The Morgan fingerprint density at radius 2 is 1.94 bits per heavy atom. The van der Waals surface area contributed by atoms with E-state index in [1.54, 1.807) is 16.8 Å². The molecule has 0 fully saturated rings. The van der Waals surface area contributed by atoms with Crippen LogP contribution in [0.25, 0.3) is 22.4 Å². The van der Waals surface area contributed by atoms with E-state index in [1.165, 1.54) is 12.5 Å². The second kappa shape index (κ2) is 8.64. The fourth-order valence-electron chi connectivity index (χ4n) is 3.34. The molecular weight excluding hydrogens is 465 g/mol. The average molecular weight is 488 g/mol. The molecule has 0 bridgehead atoms. The summed E-state index contributed by atoms with van der Waals surface area (Å²) in [5.74, 6) is -0.394. The normalized spacial score (nSPS) is 12.5. The maximum atomic E-state index is 13.2. The third-order valence-electron chi connectivity index (χ3n) is 5.56. The highest BCUT2D eigenvalue weighted by atomic mass is 19.4. The highest BCUT2D eigenvalue weighted by Gasteiger charge is 2.50. The number of hydrogen-bond acceptors (Lipinski definition) is 8. The number of nitrogens with one attached hydrogen (secondary N) is 1. The lowest BCUT2D eigenvalue weighted by molar-refractivity contribution is -0.181. The van der Waals surface area contributed by atoms with Gasteiger partial charge in [-0.25, -0.2) is 14.6 Å². The summed E-state index contributed by atoms with van der Waals surface area (Å²) in [4.78, 5) is 25.1. The lowest BCUT2D eigenvalue weighted by Gasteiger charge is -2.24. The van der Waals surface area contributed by atoms with Crippen molar-refractivity contribution in [1.82, 2.24) is 29.9 Å². The molecule has 13 heteroatoms. The number of alkyl halides is 3. The fraction of sp³-hybridized carbons (Fsp3) is 0.364. The number of nitrogens with two attached hydrogens (primary N) is 1. The number of carbonyl (C=O) groups is 1. The molecule has 3 N–H and O–H groups in total. The topological polar surface area (TPSA) is 138 Å². The summed E-state index contributed by atoms with van der Waals surface area (Å²) >= 11 is 0. The molecule has 10 nitrogen and oxygen atoms in total. The van der Waals surface area contributed by atoms with E-state index >= 15 is 0 Å². The van der Waals surface area contributed by atoms with Gasteiger partial charge in [-0.05, 0) is 39.3 Å². The lowest BCUT2D eigenvalue weighted by atomic mass is 9.89. The number of hydrogen-bond donors (Lipinski definition) is 2. The van der Waals surface area contributed by atoms with Gasteiger partial charge in [-0.3, -0.25) is 15.1 Å². The highest BCUT2D eigenvalue weighted by molar-refractivity contribution is 5.97. The number of rotatable bonds is 6. The third-order valence-corrected chi connectivity index (χ3v) is 5.56. The Balaban J connectivity index is 1.50. The van der Waals surface area contributed by atoms with Crippen LogP contribution >= 0.6 is 0 Å². The molecule has 0 radical (unpaired) electrons. The van der Waals surface area contributed by atoms with Crippen LogP contribution in [0.3, 0.4) is 0 Å². The predicted octanol–water partition coefficient (Wildman–Crippen LogP) is 4.06. The molecule has 0 aliphatic carbocycles. The van der Waals surface area contributed by atoms with Crippen LogP contribution in [-0.2, 0) is 16.6 Å². The number of pyridine rings is 1. The summed E-state index contributed by atoms with van der Waals surface area (Å²) in [6.07, 6.45) is -1.73. The average Bonchev–Trinajstić information content (AvgIpc) is 3.39. The van der Waals surface area contributed by atoms with Crippen LogP contribution in [0.5, 0.6) is 0 Å². The number of nitrogen functional groups attached to an aromatic ring is 1. The van der Waals surface area contributed by atoms with Crippen molar-refractivity contribution in [1.29, 1.82) is 0 Å². The first-order valence-corrected chi connectivity index (χ1v) is 10.7. The van der Waals surface area contributed by atoms with Crippen molar-refractivity contribution in [3.8, 4) is 11.4 Å². The summed E-state index contributed by atoms with van der Waals surface area (Å²) in [6.45, 7) is 5.89. The number of amides is 1. The molecule has 0 aliphatic heterocycles. The van der Waals surface area contributed by atoms with Crippen LogP contribution in [0.1, 0.15) is 45.0 Å². The quantitative estimate of drug-likeness (QED) is 0.414. The summed E-state index contributed by atoms with van der Waals surface area (Å²) in [6, 6.07) is 4.48. The van der Waals surface area contributed by atoms with Crippen LogP contribution in [0.4, 0.5) is 24.9 Å². The van der Waals surface area contributed by atoms with Crippen LogP contribution in [0.15, 0.2) is 35.2 Å². The van der Waals surface area contributed by atoms with Gasteiger partial charge in [0.2, 0.25) is 11.8 Å². The molecule has 0 aliphatic rings. The van der Waals surface area contributed by atoms with Crippen molar-refractivity contribution >= 4 is 28.6 Å². The second-order valence-corrected chi connectivity index (χ2v) is 8.82. The van der Waals surface area contributed by atoms with Gasteiger partial charge in [-0.2, -0.15) is 18.3 Å². The molecule has 0 spiro atoms. The van der Waals surface area contributed by atoms with E-state index in [1.807, 2.05) is 13.8 Å². The van der Waals surface area contributed by atoms with Gasteiger partial charge in [0.1, 0.15) is 28.9 Å². The summed E-state index contributed by atoms with van der Waals surface area (Å²) in [5.41, 5.74) is 5.71. The first-order chi connectivity index (χ1) is 16.4. The van der Waals surface area contributed by atoms with Crippen LogP contribution < -0.4 is 11.1 Å². The highest BCUT2D eigenvalue weighted by Crippen LogP contribution is 2.40. The Morgan fingerprint density at radius 1 is 1.20 bits per heavy atom. The standard InChI is InChI=1S/C22H23F3N8O2/c1-11(2)33-20-17(19(26)28-10-29-20)18(31-33)13-6-5-12(9-27-13)7-15(34)30-16-8-14(32-35-16)21(3,4)22(23,24)25/h5-6,8-11H,7H2,1-4H3,(H,30,34)(H2,26,28,29). The molecule has 184 valence electrons. The van der Waals surface area contributed by atoms with Crippen molar-refractivity contribution in [2.45, 2.75) is 51.7 Å². The van der Waals surface area contributed by atoms with Gasteiger partial charge >= 0.3 is 6.18 Å². The summed E-state index contributed by atoms with van der Waals surface area (Å²) in [7, 11) is 0. The molecule has 0 aromatic carbocycles. The van der Waals surface area contributed by atoms with Crippen molar-refractivity contribution in [3.63, 3.8) is 0 Å². The molecule has 4 heterocycles. The fourth-order valence-corrected chi connectivity index (χ4v) is 3.34. The van der Waals surface area contributed by atoms with Crippen molar-refractivity contribution in [3.05, 3.63) is 42.0 Å². The number of fused-ring (bicyclic) bond motifs is 1. The van der Waals surface area contributed by atoms with Gasteiger partial charge in [0, 0.05) is 18.3 Å². The molecule has 35 heavy (non-hydrogen) atoms. The van der Waals surface area contributed by atoms with Gasteiger partial charge in [-0.1, -0.05) is 11.2 Å². The van der Waals surface area contributed by atoms with E-state index in [0.29, 0.717) is 28.0 Å². The monoisotopic (exact) mass is 488 g/mol. The summed E-state index contributed by atoms with van der Waals surface area (Å²) in [5, 5.41) is 11.1. The first-order valence-electron chi connectivity index (χ1n) is 10.7. The van der Waals surface area contributed by atoms with E-state index in [2.05, 4.69) is 30.5 Å². The van der Waals surface area contributed by atoms with E-state index in [-0.39, 0.29) is 29.9 Å². The minimum absolute atomic E-state index is 0.0295. The second-order valence-electron chi connectivity index (χ2n) is 8.82. The minimum atomic E-state index is -4.52. The first kappa shape index (κ1) is 24.1. The van der Waals surface area contributed by atoms with E-state index in [9.17, 15) is 18.0 Å². The van der Waals surface area contributed by atoms with Gasteiger partial charge in [0.25, 0.3) is 0 Å². The molecule has 4 aromatic rings. The zero-order valence-electron chi connectivity index (χ0n) is 19.4. The van der Waals surface area contributed by atoms with E-state index in [0.717, 1.165) is 19.9 Å². The number of nitrogens with zero attached hydrogens (tertiary/aromatic N) is 6. The largest absolute Gasteiger partial charge is 0.399 e. The smallest absolute Gasteiger partial charge is 0.383 e. The maximum Gasteiger partial charge on any atom is 0.399 e. The SMILES string of the molecule is CC(C)n1nc(-c2ccc(CC(=O)Nc3cc(C(C)(C)C(F)(F)F)no3)cn2)c2c(N)ncnc21. The van der Waals surface area contributed by atoms with Crippen molar-refractivity contribution in [2.75, 3.05) is 11.1 Å². The third kappa shape index (κ3) is 4.53. The van der Waals surface area contributed by atoms with Gasteiger partial charge < -0.3 is 10.3 Å². The van der Waals surface area contributed by atoms with Crippen LogP contribution in [0.2, 0.25) is 0 Å². The van der Waals surface area contributed by atoms with Gasteiger partial charge in [-0.15, -0.1) is 0 Å². The van der Waals surface area contributed by atoms with Crippen LogP contribution in [0, 0.1) is 0 Å². The molecule has 0 saturated carbocycles. The number of aromatic nitrogens is 6. The molecule has 0 atom stereocenters. The zero-order chi connectivity index (χ0) is 25.5. The molecule has 4 aromatic heterocycles. The molecule has 1 amide bonds. The molecule has 4 rings (SSSR count). The Hall–Kier alpha value is -4.03. The Kier molecular flexibility index (Phi) is 5.95. The van der Waals surface area contributed by atoms with Gasteiger partial charge in [0.15, 0.2) is 5.65 Å². The maximum absolute atomic E-state index is 13.2. The zero-order valence-corrected chi connectivity index (χ0v) is 19.4. The van der Waals surface area contributed by atoms with Crippen LogP contribution in [-0.4, -0.2) is 42.0 Å². The molecule has 0 saturated heterocycles. The number of carbonyl (C=O) groups excluding carboxylic acids is 1.